The van der Waals surface area contributed by atoms with Crippen molar-refractivity contribution in [2.75, 3.05) is 7.11 Å². The number of methoxy groups -OCH3 is 1. The Hall–Kier alpha value is -5.81. The number of carboxylic acids is 3. The van der Waals surface area contributed by atoms with Gasteiger partial charge in [-0.15, -0.1) is 0 Å². The normalized spacial score (nSPS) is 11.0. The lowest BCUT2D eigenvalue weighted by Gasteiger charge is -2.19. The van der Waals surface area contributed by atoms with E-state index in [4.69, 9.17) is 54.9 Å². The molecule has 0 aliphatic carbocycles. The summed E-state index contributed by atoms with van der Waals surface area (Å²) in [5, 5.41) is 28.3. The van der Waals surface area contributed by atoms with Crippen LogP contribution in [0, 0.1) is 0 Å². The molecule has 318 valence electrons. The first kappa shape index (κ1) is 47.9. The van der Waals surface area contributed by atoms with Crippen LogP contribution in [-0.4, -0.2) is 40.3 Å². The van der Waals surface area contributed by atoms with Gasteiger partial charge in [-0.2, -0.15) is 13.2 Å². The van der Waals surface area contributed by atoms with E-state index in [0.29, 0.717) is 37.3 Å². The lowest BCUT2D eigenvalue weighted by atomic mass is 9.86. The third-order valence-electron chi connectivity index (χ3n) is 9.21. The predicted octanol–water partition coefficient (Wildman–Crippen LogP) is 13.2. The molecule has 0 spiro atoms. The van der Waals surface area contributed by atoms with Gasteiger partial charge in [0.1, 0.15) is 5.75 Å². The molecular formula is C48H42Cl3F3O7. The van der Waals surface area contributed by atoms with Gasteiger partial charge in [0.2, 0.25) is 0 Å². The zero-order valence-electron chi connectivity index (χ0n) is 33.5. The van der Waals surface area contributed by atoms with E-state index in [2.05, 4.69) is 32.9 Å². The van der Waals surface area contributed by atoms with Gasteiger partial charge in [-0.3, -0.25) is 14.4 Å². The maximum absolute atomic E-state index is 12.5. The molecule has 0 unspecified atom stereocenters. The number of rotatable bonds is 10. The molecule has 6 aromatic carbocycles. The lowest BCUT2D eigenvalue weighted by Crippen LogP contribution is -2.10. The molecule has 13 heteroatoms. The van der Waals surface area contributed by atoms with E-state index in [1.807, 2.05) is 48.5 Å². The molecule has 0 saturated carbocycles. The summed E-state index contributed by atoms with van der Waals surface area (Å²) in [7, 11) is 1.60. The second-order valence-corrected chi connectivity index (χ2v) is 16.1. The fourth-order valence-corrected chi connectivity index (χ4v) is 6.80. The molecule has 3 N–H and O–H groups in total. The van der Waals surface area contributed by atoms with Gasteiger partial charge in [-0.05, 0) is 122 Å². The Bertz CT molecular complexity index is 2340. The van der Waals surface area contributed by atoms with Gasteiger partial charge in [0.05, 0.1) is 31.9 Å². The number of halogens is 6. The fourth-order valence-electron chi connectivity index (χ4n) is 6.22. The lowest BCUT2D eigenvalue weighted by molar-refractivity contribution is -0.138. The zero-order valence-corrected chi connectivity index (χ0v) is 35.8. The van der Waals surface area contributed by atoms with Crippen molar-refractivity contribution in [3.05, 3.63) is 170 Å². The van der Waals surface area contributed by atoms with Gasteiger partial charge < -0.3 is 20.1 Å². The van der Waals surface area contributed by atoms with Crippen LogP contribution < -0.4 is 4.74 Å². The molecular weight excluding hydrogens is 852 g/mol. The van der Waals surface area contributed by atoms with Crippen LogP contribution in [0.25, 0.3) is 33.4 Å². The molecule has 0 amide bonds. The monoisotopic (exact) mass is 892 g/mol. The van der Waals surface area contributed by atoms with Gasteiger partial charge in [0, 0.05) is 15.1 Å². The third kappa shape index (κ3) is 14.4. The van der Waals surface area contributed by atoms with Crippen molar-refractivity contribution in [3.63, 3.8) is 0 Å². The quantitative estimate of drug-likeness (QED) is 0.125. The summed E-state index contributed by atoms with van der Waals surface area (Å²) in [6.07, 6.45) is -4.74. The van der Waals surface area contributed by atoms with E-state index >= 15 is 0 Å². The van der Waals surface area contributed by atoms with Crippen molar-refractivity contribution in [1.29, 1.82) is 0 Å². The van der Waals surface area contributed by atoms with E-state index in [0.717, 1.165) is 45.7 Å². The molecule has 0 aliphatic rings. The Kier molecular flexibility index (Phi) is 16.6. The van der Waals surface area contributed by atoms with E-state index in [1.54, 1.807) is 43.5 Å². The minimum absolute atomic E-state index is 0.0308. The topological polar surface area (TPSA) is 121 Å². The average Bonchev–Trinajstić information content (AvgIpc) is 3.17. The van der Waals surface area contributed by atoms with Crippen LogP contribution in [-0.2, 0) is 45.2 Å². The van der Waals surface area contributed by atoms with Crippen molar-refractivity contribution >= 4 is 52.7 Å². The SMILES string of the molecule is CC(C)(C)c1ccc(-c2ccc(Cl)cc2CC(=O)O)cc1.COc1ccc(-c2ccc(Cl)cc2CC(=O)O)cc1.O=C(O)Cc1cc(Cl)ccc1-c1ccc(C(F)(F)F)cc1. The molecule has 0 bridgehead atoms. The Labute approximate surface area is 366 Å². The molecule has 7 nitrogen and oxygen atoms in total. The summed E-state index contributed by atoms with van der Waals surface area (Å²) in [5.41, 5.74) is 7.29. The number of ether oxygens (including phenoxy) is 1. The molecule has 6 aromatic rings. The number of carboxylic acid groups (broad SMARTS) is 3. The molecule has 0 atom stereocenters. The van der Waals surface area contributed by atoms with Crippen LogP contribution in [0.2, 0.25) is 15.1 Å². The first-order valence-corrected chi connectivity index (χ1v) is 19.7. The molecule has 0 fully saturated rings. The molecule has 0 saturated heterocycles. The number of benzene rings is 6. The van der Waals surface area contributed by atoms with E-state index in [9.17, 15) is 27.6 Å². The number of alkyl halides is 3. The first-order chi connectivity index (χ1) is 28.6. The first-order valence-electron chi connectivity index (χ1n) is 18.6. The molecule has 0 heterocycles. The van der Waals surface area contributed by atoms with Crippen molar-refractivity contribution < 1.29 is 47.6 Å². The standard InChI is InChI=1S/C18H19ClO2.C15H10ClF3O2.C15H13ClO3/c1-18(2,3)14-6-4-12(5-7-14)16-9-8-15(19)10-13(16)11-17(20)21;16-12-5-6-13(10(7-12)8-14(20)21)9-1-3-11(4-2-9)15(17,18)19;1-19-13-5-2-10(3-6-13)14-7-4-12(16)8-11(14)9-15(17)18/h4-10H,11H2,1-3H3,(H,20,21);1-7H,8H2,(H,20,21);2-8H,9H2,1H3,(H,17,18). The van der Waals surface area contributed by atoms with Crippen LogP contribution in [0.5, 0.6) is 5.75 Å². The van der Waals surface area contributed by atoms with Gasteiger partial charge in [0.25, 0.3) is 0 Å². The summed E-state index contributed by atoms with van der Waals surface area (Å²) >= 11 is 17.7. The second kappa shape index (κ2) is 21.1. The van der Waals surface area contributed by atoms with Crippen LogP contribution in [0.15, 0.2) is 127 Å². The highest BCUT2D eigenvalue weighted by Crippen LogP contribution is 2.34. The number of aliphatic carboxylic acids is 3. The van der Waals surface area contributed by atoms with Crippen LogP contribution in [0.1, 0.15) is 48.6 Å². The fraction of sp³-hybridized carbons (Fsp3) is 0.188. The molecule has 0 radical (unpaired) electrons. The molecule has 0 aliphatic heterocycles. The van der Waals surface area contributed by atoms with E-state index in [-0.39, 0.29) is 24.7 Å². The highest BCUT2D eigenvalue weighted by atomic mass is 35.5. The summed E-state index contributed by atoms with van der Waals surface area (Å²) in [6.45, 7) is 6.50. The smallest absolute Gasteiger partial charge is 0.416 e. The largest absolute Gasteiger partial charge is 0.497 e. The highest BCUT2D eigenvalue weighted by Gasteiger charge is 2.30. The van der Waals surface area contributed by atoms with Crippen LogP contribution in [0.3, 0.4) is 0 Å². The Morgan fingerprint density at radius 2 is 0.787 bits per heavy atom. The van der Waals surface area contributed by atoms with Gasteiger partial charge in [-0.1, -0.05) is 122 Å². The summed E-state index contributed by atoms with van der Waals surface area (Å²) in [4.78, 5) is 32.8. The van der Waals surface area contributed by atoms with Gasteiger partial charge >= 0.3 is 24.1 Å². The van der Waals surface area contributed by atoms with Gasteiger partial charge in [-0.25, -0.2) is 0 Å². The summed E-state index contributed by atoms with van der Waals surface area (Å²) < 4.78 is 42.7. The minimum atomic E-state index is -4.40. The zero-order chi connectivity index (χ0) is 45.1. The number of hydrogen-bond donors (Lipinski definition) is 3. The summed E-state index contributed by atoms with van der Waals surface area (Å²) in [6, 6.07) is 35.7. The molecule has 0 aromatic heterocycles. The van der Waals surface area contributed by atoms with Gasteiger partial charge in [0.15, 0.2) is 0 Å². The Morgan fingerprint density at radius 3 is 1.05 bits per heavy atom. The minimum Gasteiger partial charge on any atom is -0.497 e. The van der Waals surface area contributed by atoms with E-state index < -0.39 is 29.6 Å². The number of carbonyl (C=O) groups is 3. The summed E-state index contributed by atoms with van der Waals surface area (Å²) in [5.74, 6) is -2.01. The number of hydrogen-bond acceptors (Lipinski definition) is 4. The second-order valence-electron chi connectivity index (χ2n) is 14.7. The maximum atomic E-state index is 12.5. The Balaban J connectivity index is 0.000000202. The van der Waals surface area contributed by atoms with E-state index in [1.165, 1.54) is 23.8 Å². The van der Waals surface area contributed by atoms with Crippen LogP contribution >= 0.6 is 34.8 Å². The van der Waals surface area contributed by atoms with Crippen molar-refractivity contribution in [1.82, 2.24) is 0 Å². The van der Waals surface area contributed by atoms with Crippen molar-refractivity contribution in [3.8, 4) is 39.1 Å². The molecule has 6 rings (SSSR count). The highest BCUT2D eigenvalue weighted by molar-refractivity contribution is 6.31. The Morgan fingerprint density at radius 1 is 0.492 bits per heavy atom. The maximum Gasteiger partial charge on any atom is 0.416 e. The van der Waals surface area contributed by atoms with Crippen molar-refractivity contribution in [2.24, 2.45) is 0 Å². The van der Waals surface area contributed by atoms with Crippen molar-refractivity contribution in [2.45, 2.75) is 51.6 Å². The third-order valence-corrected chi connectivity index (χ3v) is 9.92. The predicted molar refractivity (Wildman–Crippen MR) is 235 cm³/mol. The molecule has 61 heavy (non-hydrogen) atoms. The van der Waals surface area contributed by atoms with Crippen LogP contribution in [0.4, 0.5) is 13.2 Å². The average molecular weight is 894 g/mol.